The van der Waals surface area contributed by atoms with Crippen molar-refractivity contribution in [2.45, 2.75) is 31.2 Å². The summed E-state index contributed by atoms with van der Waals surface area (Å²) in [4.78, 5) is 3.98. The van der Waals surface area contributed by atoms with Crippen LogP contribution in [0.4, 0.5) is 0 Å². The zero-order valence-corrected chi connectivity index (χ0v) is 13.4. The molecule has 1 atom stereocenters. The van der Waals surface area contributed by atoms with Crippen LogP contribution in [0, 0.1) is 5.92 Å². The standard InChI is InChI=1S/C11H16BrClN2O2S/c1-8(2)3-10(5-13)15-18(16,17)11-4-9(12)6-14-7-11/h4,6-8,10,15H,3,5H2,1-2H3. The van der Waals surface area contributed by atoms with Crippen LogP contribution in [-0.2, 0) is 10.0 Å². The number of alkyl halides is 1. The third-order valence-electron chi connectivity index (χ3n) is 2.25. The fourth-order valence-electron chi connectivity index (χ4n) is 1.54. The van der Waals surface area contributed by atoms with Crippen LogP contribution in [0.1, 0.15) is 20.3 Å². The van der Waals surface area contributed by atoms with Crippen molar-refractivity contribution in [2.24, 2.45) is 5.92 Å². The lowest BCUT2D eigenvalue weighted by atomic mass is 10.1. The van der Waals surface area contributed by atoms with E-state index in [1.807, 2.05) is 13.8 Å². The highest BCUT2D eigenvalue weighted by Gasteiger charge is 2.20. The van der Waals surface area contributed by atoms with Crippen molar-refractivity contribution < 1.29 is 8.42 Å². The van der Waals surface area contributed by atoms with Gasteiger partial charge in [-0.1, -0.05) is 13.8 Å². The highest BCUT2D eigenvalue weighted by molar-refractivity contribution is 9.10. The Morgan fingerprint density at radius 3 is 2.61 bits per heavy atom. The van der Waals surface area contributed by atoms with E-state index in [1.165, 1.54) is 18.5 Å². The Morgan fingerprint density at radius 1 is 1.44 bits per heavy atom. The molecular formula is C11H16BrClN2O2S. The van der Waals surface area contributed by atoms with E-state index in [0.29, 0.717) is 16.8 Å². The Bertz CT molecular complexity index is 494. The van der Waals surface area contributed by atoms with Gasteiger partial charge in [0.15, 0.2) is 0 Å². The van der Waals surface area contributed by atoms with Gasteiger partial charge >= 0.3 is 0 Å². The third-order valence-corrected chi connectivity index (χ3v) is 4.55. The van der Waals surface area contributed by atoms with Gasteiger partial charge in [0.2, 0.25) is 10.0 Å². The van der Waals surface area contributed by atoms with E-state index in [9.17, 15) is 8.42 Å². The maximum Gasteiger partial charge on any atom is 0.242 e. The maximum absolute atomic E-state index is 12.1. The van der Waals surface area contributed by atoms with E-state index in [2.05, 4.69) is 25.6 Å². The number of nitrogens with zero attached hydrogens (tertiary/aromatic N) is 1. The van der Waals surface area contributed by atoms with E-state index >= 15 is 0 Å². The summed E-state index contributed by atoms with van der Waals surface area (Å²) in [5, 5.41) is 0. The third kappa shape index (κ3) is 4.84. The van der Waals surface area contributed by atoms with E-state index < -0.39 is 10.0 Å². The van der Waals surface area contributed by atoms with Crippen molar-refractivity contribution in [3.8, 4) is 0 Å². The molecule has 102 valence electrons. The number of pyridine rings is 1. The van der Waals surface area contributed by atoms with Gasteiger partial charge in [-0.2, -0.15) is 0 Å². The fraction of sp³-hybridized carbons (Fsp3) is 0.545. The minimum Gasteiger partial charge on any atom is -0.262 e. The molecule has 0 aliphatic carbocycles. The van der Waals surface area contributed by atoms with E-state index in [0.717, 1.165) is 0 Å². The summed E-state index contributed by atoms with van der Waals surface area (Å²) in [6.45, 7) is 4.04. The molecule has 0 fully saturated rings. The topological polar surface area (TPSA) is 59.1 Å². The van der Waals surface area contributed by atoms with Crippen LogP contribution in [0.15, 0.2) is 27.8 Å². The molecular weight excluding hydrogens is 340 g/mol. The Labute approximate surface area is 121 Å². The number of sulfonamides is 1. The minimum atomic E-state index is -3.57. The maximum atomic E-state index is 12.1. The summed E-state index contributed by atoms with van der Waals surface area (Å²) in [6, 6.07) is 1.24. The van der Waals surface area contributed by atoms with Crippen molar-refractivity contribution in [1.29, 1.82) is 0 Å². The number of hydrogen-bond donors (Lipinski definition) is 1. The van der Waals surface area contributed by atoms with Crippen molar-refractivity contribution in [3.05, 3.63) is 22.9 Å². The van der Waals surface area contributed by atoms with Crippen LogP contribution in [-0.4, -0.2) is 25.3 Å². The van der Waals surface area contributed by atoms with Gasteiger partial charge in [-0.3, -0.25) is 4.98 Å². The van der Waals surface area contributed by atoms with Gasteiger partial charge in [0.05, 0.1) is 0 Å². The first-order valence-electron chi connectivity index (χ1n) is 5.54. The second-order valence-electron chi connectivity index (χ2n) is 4.44. The molecule has 0 spiro atoms. The molecule has 1 aromatic heterocycles. The van der Waals surface area contributed by atoms with Crippen molar-refractivity contribution in [3.63, 3.8) is 0 Å². The quantitative estimate of drug-likeness (QED) is 0.798. The zero-order valence-electron chi connectivity index (χ0n) is 10.2. The Morgan fingerprint density at radius 2 is 2.11 bits per heavy atom. The second-order valence-corrected chi connectivity index (χ2v) is 7.38. The summed E-state index contributed by atoms with van der Waals surface area (Å²) in [6.07, 6.45) is 3.55. The van der Waals surface area contributed by atoms with Crippen molar-refractivity contribution in [2.75, 3.05) is 5.88 Å². The van der Waals surface area contributed by atoms with Gasteiger partial charge in [0.25, 0.3) is 0 Å². The van der Waals surface area contributed by atoms with Crippen LogP contribution in [0.25, 0.3) is 0 Å². The summed E-state index contributed by atoms with van der Waals surface area (Å²) in [7, 11) is -3.57. The molecule has 0 bridgehead atoms. The van der Waals surface area contributed by atoms with Gasteiger partial charge in [-0.05, 0) is 34.3 Å². The smallest absolute Gasteiger partial charge is 0.242 e. The molecule has 1 aromatic rings. The largest absolute Gasteiger partial charge is 0.262 e. The Hall–Kier alpha value is -0.170. The van der Waals surface area contributed by atoms with Crippen LogP contribution in [0.3, 0.4) is 0 Å². The molecule has 0 aromatic carbocycles. The molecule has 0 radical (unpaired) electrons. The molecule has 7 heteroatoms. The van der Waals surface area contributed by atoms with Gasteiger partial charge in [0, 0.05) is 28.8 Å². The van der Waals surface area contributed by atoms with Crippen molar-refractivity contribution in [1.82, 2.24) is 9.71 Å². The van der Waals surface area contributed by atoms with Crippen LogP contribution in [0.5, 0.6) is 0 Å². The van der Waals surface area contributed by atoms with E-state index in [1.54, 1.807) is 0 Å². The summed E-state index contributed by atoms with van der Waals surface area (Å²) in [5.41, 5.74) is 0. The van der Waals surface area contributed by atoms with Crippen LogP contribution < -0.4 is 4.72 Å². The van der Waals surface area contributed by atoms with Crippen molar-refractivity contribution >= 4 is 37.6 Å². The highest BCUT2D eigenvalue weighted by Crippen LogP contribution is 2.16. The number of nitrogens with one attached hydrogen (secondary N) is 1. The lowest BCUT2D eigenvalue weighted by Gasteiger charge is -2.18. The number of hydrogen-bond acceptors (Lipinski definition) is 3. The van der Waals surface area contributed by atoms with Gasteiger partial charge < -0.3 is 0 Å². The van der Waals surface area contributed by atoms with E-state index in [4.69, 9.17) is 11.6 Å². The predicted octanol–water partition coefficient (Wildman–Crippen LogP) is 2.78. The number of halogens is 2. The zero-order chi connectivity index (χ0) is 13.8. The minimum absolute atomic E-state index is 0.135. The Balaban J connectivity index is 2.87. The highest BCUT2D eigenvalue weighted by atomic mass is 79.9. The summed E-state index contributed by atoms with van der Waals surface area (Å²) < 4.78 is 27.4. The summed E-state index contributed by atoms with van der Waals surface area (Å²) >= 11 is 8.98. The van der Waals surface area contributed by atoms with Gasteiger partial charge in [-0.25, -0.2) is 13.1 Å². The second kappa shape index (κ2) is 6.84. The van der Waals surface area contributed by atoms with E-state index in [-0.39, 0.29) is 16.8 Å². The molecule has 1 N–H and O–H groups in total. The first-order chi connectivity index (χ1) is 8.35. The first kappa shape index (κ1) is 15.9. The molecule has 18 heavy (non-hydrogen) atoms. The van der Waals surface area contributed by atoms with Gasteiger partial charge in [0.1, 0.15) is 4.90 Å². The number of rotatable bonds is 6. The molecule has 0 aliphatic rings. The molecule has 1 unspecified atom stereocenters. The number of aromatic nitrogens is 1. The lowest BCUT2D eigenvalue weighted by molar-refractivity contribution is 0.485. The molecule has 0 amide bonds. The molecule has 1 heterocycles. The monoisotopic (exact) mass is 354 g/mol. The van der Waals surface area contributed by atoms with Gasteiger partial charge in [-0.15, -0.1) is 11.6 Å². The van der Waals surface area contributed by atoms with Crippen LogP contribution in [0.2, 0.25) is 0 Å². The average Bonchev–Trinajstić information content (AvgIpc) is 2.27. The summed E-state index contributed by atoms with van der Waals surface area (Å²) in [5.74, 6) is 0.621. The molecule has 1 rings (SSSR count). The molecule has 0 saturated heterocycles. The average molecular weight is 356 g/mol. The Kier molecular flexibility index (Phi) is 6.04. The van der Waals surface area contributed by atoms with Crippen LogP contribution >= 0.6 is 27.5 Å². The molecule has 0 saturated carbocycles. The SMILES string of the molecule is CC(C)CC(CCl)NS(=O)(=O)c1cncc(Br)c1. The lowest BCUT2D eigenvalue weighted by Crippen LogP contribution is -2.37. The predicted molar refractivity (Wildman–Crippen MR) is 76.2 cm³/mol. The molecule has 4 nitrogen and oxygen atoms in total. The normalized spacial score (nSPS) is 13.8. The molecule has 0 aliphatic heterocycles. The first-order valence-corrected chi connectivity index (χ1v) is 8.35. The fourth-order valence-corrected chi connectivity index (χ4v) is 3.59.